The summed E-state index contributed by atoms with van der Waals surface area (Å²) in [5.74, 6) is -0.539. The van der Waals surface area contributed by atoms with Crippen molar-refractivity contribution in [2.45, 2.75) is 32.1 Å². The molecule has 0 fully saturated rings. The molecule has 1 unspecified atom stereocenters. The van der Waals surface area contributed by atoms with Crippen LogP contribution in [-0.4, -0.2) is 33.4 Å². The quantitative estimate of drug-likeness (QED) is 0.808. The molecule has 0 saturated carbocycles. The number of halogens is 1. The molecule has 1 atom stereocenters. The summed E-state index contributed by atoms with van der Waals surface area (Å²) in [6.07, 6.45) is 0. The van der Waals surface area contributed by atoms with Crippen LogP contribution in [0.25, 0.3) is 0 Å². The Morgan fingerprint density at radius 3 is 2.45 bits per heavy atom. The van der Waals surface area contributed by atoms with Crippen LogP contribution in [0.3, 0.4) is 0 Å². The summed E-state index contributed by atoms with van der Waals surface area (Å²) in [5.41, 5.74) is 0.180. The Labute approximate surface area is 119 Å². The molecule has 1 aromatic rings. The summed E-state index contributed by atoms with van der Waals surface area (Å²) in [4.78, 5) is 0. The first-order chi connectivity index (χ1) is 9.26. The maximum absolute atomic E-state index is 13.5. The third-order valence-corrected chi connectivity index (χ3v) is 4.50. The first-order valence-electron chi connectivity index (χ1n) is 6.35. The van der Waals surface area contributed by atoms with E-state index in [1.807, 2.05) is 13.8 Å². The SMILES string of the molecule is COc1ccc(NS(=O)(=O)C(C)CNC(C)C)cc1F. The van der Waals surface area contributed by atoms with Crippen molar-refractivity contribution in [1.82, 2.24) is 5.32 Å². The van der Waals surface area contributed by atoms with E-state index in [9.17, 15) is 12.8 Å². The minimum Gasteiger partial charge on any atom is -0.494 e. The first-order valence-corrected chi connectivity index (χ1v) is 7.89. The van der Waals surface area contributed by atoms with Crippen molar-refractivity contribution < 1.29 is 17.5 Å². The normalized spacial score (nSPS) is 13.3. The third-order valence-electron chi connectivity index (χ3n) is 2.76. The molecule has 1 aromatic carbocycles. The number of ether oxygens (including phenoxy) is 1. The standard InChI is InChI=1S/C13H21FN2O3S/c1-9(2)15-8-10(3)20(17,18)16-11-5-6-13(19-4)12(14)7-11/h5-7,9-10,15-16H,8H2,1-4H3. The lowest BCUT2D eigenvalue weighted by Gasteiger charge is -2.17. The van der Waals surface area contributed by atoms with E-state index in [1.54, 1.807) is 6.92 Å². The van der Waals surface area contributed by atoms with Crippen molar-refractivity contribution in [3.05, 3.63) is 24.0 Å². The number of benzene rings is 1. The molecule has 20 heavy (non-hydrogen) atoms. The second kappa shape index (κ2) is 6.90. The lowest BCUT2D eigenvalue weighted by atomic mass is 10.3. The highest BCUT2D eigenvalue weighted by Crippen LogP contribution is 2.21. The van der Waals surface area contributed by atoms with Crippen molar-refractivity contribution in [2.75, 3.05) is 18.4 Å². The van der Waals surface area contributed by atoms with Gasteiger partial charge in [-0.3, -0.25) is 4.72 Å². The predicted octanol–water partition coefficient (Wildman–Crippen LogP) is 1.96. The number of anilines is 1. The molecule has 0 aliphatic carbocycles. The molecule has 114 valence electrons. The maximum Gasteiger partial charge on any atom is 0.236 e. The molecule has 0 spiro atoms. The van der Waals surface area contributed by atoms with E-state index in [-0.39, 0.29) is 17.5 Å². The molecule has 7 heteroatoms. The molecule has 0 bridgehead atoms. The van der Waals surface area contributed by atoms with Crippen LogP contribution in [0.15, 0.2) is 18.2 Å². The fraction of sp³-hybridized carbons (Fsp3) is 0.538. The molecule has 0 amide bonds. The molecule has 0 saturated heterocycles. The van der Waals surface area contributed by atoms with Crippen LogP contribution in [0.4, 0.5) is 10.1 Å². The summed E-state index contributed by atoms with van der Waals surface area (Å²) in [7, 11) is -2.22. The van der Waals surface area contributed by atoms with Gasteiger partial charge < -0.3 is 10.1 Å². The Morgan fingerprint density at radius 1 is 1.30 bits per heavy atom. The number of hydrogen-bond donors (Lipinski definition) is 2. The van der Waals surface area contributed by atoms with Gasteiger partial charge in [0.1, 0.15) is 0 Å². The summed E-state index contributed by atoms with van der Waals surface area (Å²) in [5, 5.41) is 2.42. The van der Waals surface area contributed by atoms with Gasteiger partial charge in [-0.25, -0.2) is 12.8 Å². The van der Waals surface area contributed by atoms with E-state index in [1.165, 1.54) is 19.2 Å². The number of nitrogens with one attached hydrogen (secondary N) is 2. The van der Waals surface area contributed by atoms with Gasteiger partial charge in [0, 0.05) is 18.7 Å². The van der Waals surface area contributed by atoms with E-state index in [4.69, 9.17) is 4.74 Å². The maximum atomic E-state index is 13.5. The van der Waals surface area contributed by atoms with E-state index >= 15 is 0 Å². The van der Waals surface area contributed by atoms with Gasteiger partial charge in [-0.15, -0.1) is 0 Å². The minimum atomic E-state index is -3.57. The fourth-order valence-corrected chi connectivity index (χ4v) is 2.48. The van der Waals surface area contributed by atoms with Crippen LogP contribution in [0.1, 0.15) is 20.8 Å². The highest BCUT2D eigenvalue weighted by Gasteiger charge is 2.21. The Kier molecular flexibility index (Phi) is 5.76. The van der Waals surface area contributed by atoms with Crippen molar-refractivity contribution in [3.63, 3.8) is 0 Å². The Morgan fingerprint density at radius 2 is 1.95 bits per heavy atom. The van der Waals surface area contributed by atoms with E-state index in [2.05, 4.69) is 10.0 Å². The lowest BCUT2D eigenvalue weighted by molar-refractivity contribution is 0.386. The van der Waals surface area contributed by atoms with Crippen LogP contribution in [0.2, 0.25) is 0 Å². The topological polar surface area (TPSA) is 67.4 Å². The highest BCUT2D eigenvalue weighted by atomic mass is 32.2. The monoisotopic (exact) mass is 304 g/mol. The van der Waals surface area contributed by atoms with Crippen molar-refractivity contribution in [3.8, 4) is 5.75 Å². The molecule has 0 heterocycles. The van der Waals surface area contributed by atoms with E-state index < -0.39 is 21.1 Å². The van der Waals surface area contributed by atoms with Gasteiger partial charge in [-0.2, -0.15) is 0 Å². The van der Waals surface area contributed by atoms with Crippen LogP contribution in [0.5, 0.6) is 5.75 Å². The molecule has 2 N–H and O–H groups in total. The zero-order valence-corrected chi connectivity index (χ0v) is 12.9. The predicted molar refractivity (Wildman–Crippen MR) is 78.1 cm³/mol. The lowest BCUT2D eigenvalue weighted by Crippen LogP contribution is -2.37. The average Bonchev–Trinajstić information content (AvgIpc) is 2.35. The summed E-state index contributed by atoms with van der Waals surface area (Å²) < 4.78 is 44.8. The average molecular weight is 304 g/mol. The largest absolute Gasteiger partial charge is 0.494 e. The van der Waals surface area contributed by atoms with Crippen LogP contribution in [-0.2, 0) is 10.0 Å². The number of rotatable bonds is 7. The number of hydrogen-bond acceptors (Lipinski definition) is 4. The molecule has 1 rings (SSSR count). The van der Waals surface area contributed by atoms with Crippen LogP contribution in [0, 0.1) is 5.82 Å². The number of methoxy groups -OCH3 is 1. The molecule has 0 radical (unpaired) electrons. The molecule has 0 aliphatic rings. The highest BCUT2D eigenvalue weighted by molar-refractivity contribution is 7.93. The molecule has 0 aliphatic heterocycles. The fourth-order valence-electron chi connectivity index (χ4n) is 1.51. The summed E-state index contributed by atoms with van der Waals surface area (Å²) >= 11 is 0. The Hall–Kier alpha value is -1.34. The van der Waals surface area contributed by atoms with Crippen LogP contribution >= 0.6 is 0 Å². The van der Waals surface area contributed by atoms with Crippen molar-refractivity contribution >= 4 is 15.7 Å². The third kappa shape index (κ3) is 4.64. The van der Waals surface area contributed by atoms with Gasteiger partial charge in [0.15, 0.2) is 11.6 Å². The summed E-state index contributed by atoms with van der Waals surface area (Å²) in [6, 6.07) is 4.14. The van der Waals surface area contributed by atoms with Crippen LogP contribution < -0.4 is 14.8 Å². The zero-order valence-electron chi connectivity index (χ0n) is 12.1. The zero-order chi connectivity index (χ0) is 15.3. The molecule has 5 nitrogen and oxygen atoms in total. The van der Waals surface area contributed by atoms with E-state index in [0.29, 0.717) is 6.54 Å². The first kappa shape index (κ1) is 16.7. The molecular formula is C13H21FN2O3S. The second-order valence-electron chi connectivity index (χ2n) is 4.87. The Bertz CT molecular complexity index is 547. The number of sulfonamides is 1. The van der Waals surface area contributed by atoms with Gasteiger partial charge >= 0.3 is 0 Å². The van der Waals surface area contributed by atoms with Crippen molar-refractivity contribution in [2.24, 2.45) is 0 Å². The molecule has 0 aromatic heterocycles. The van der Waals surface area contributed by atoms with Gasteiger partial charge in [-0.05, 0) is 19.1 Å². The van der Waals surface area contributed by atoms with Gasteiger partial charge in [-0.1, -0.05) is 13.8 Å². The van der Waals surface area contributed by atoms with Gasteiger partial charge in [0.05, 0.1) is 18.0 Å². The molecular weight excluding hydrogens is 283 g/mol. The van der Waals surface area contributed by atoms with E-state index in [0.717, 1.165) is 6.07 Å². The Balaban J connectivity index is 2.77. The summed E-state index contributed by atoms with van der Waals surface area (Å²) in [6.45, 7) is 5.79. The second-order valence-corrected chi connectivity index (χ2v) is 6.97. The van der Waals surface area contributed by atoms with Gasteiger partial charge in [0.2, 0.25) is 10.0 Å². The van der Waals surface area contributed by atoms with Gasteiger partial charge in [0.25, 0.3) is 0 Å². The minimum absolute atomic E-state index is 0.0717. The smallest absolute Gasteiger partial charge is 0.236 e. The van der Waals surface area contributed by atoms with Crippen molar-refractivity contribution in [1.29, 1.82) is 0 Å².